The normalized spacial score (nSPS) is 10.9. The van der Waals surface area contributed by atoms with Gasteiger partial charge in [-0.05, 0) is 49.7 Å². The van der Waals surface area contributed by atoms with Gasteiger partial charge in [0.05, 0.1) is 6.20 Å². The highest BCUT2D eigenvalue weighted by atomic mass is 19.1. The van der Waals surface area contributed by atoms with E-state index in [1.54, 1.807) is 61.1 Å². The number of phenols is 1. The van der Waals surface area contributed by atoms with Gasteiger partial charge in [-0.25, -0.2) is 9.07 Å². The number of carbonyl (C=O) groups is 1. The molecule has 0 spiro atoms. The van der Waals surface area contributed by atoms with Crippen LogP contribution >= 0.6 is 0 Å². The van der Waals surface area contributed by atoms with E-state index in [1.165, 1.54) is 16.9 Å². The average molecular weight is 390 g/mol. The number of nitrogens with one attached hydrogen (secondary N) is 1. The van der Waals surface area contributed by atoms with Gasteiger partial charge in [0.2, 0.25) is 0 Å². The van der Waals surface area contributed by atoms with Crippen molar-refractivity contribution in [3.05, 3.63) is 89.6 Å². The number of para-hydroxylation sites is 1. The van der Waals surface area contributed by atoms with Gasteiger partial charge < -0.3 is 15.0 Å². The molecule has 1 amide bonds. The lowest BCUT2D eigenvalue weighted by molar-refractivity contribution is 0.102. The second kappa shape index (κ2) is 7.27. The largest absolute Gasteiger partial charge is 0.507 e. The molecule has 0 saturated heterocycles. The van der Waals surface area contributed by atoms with Crippen LogP contribution in [-0.4, -0.2) is 25.4 Å². The minimum atomic E-state index is -0.449. The van der Waals surface area contributed by atoms with Crippen LogP contribution in [-0.2, 0) is 0 Å². The smallest absolute Gasteiger partial charge is 0.261 e. The van der Waals surface area contributed by atoms with E-state index in [1.807, 2.05) is 12.1 Å². The second-order valence-electron chi connectivity index (χ2n) is 6.69. The standard InChI is InChI=1S/C22H19FN4O2/c1-14-9-10-18(15(2)20(14)28)25-21(29)16-13-24-27(19-8-4-3-7-17(19)23)22(16)26-11-5-6-12-26/h3-13,28H,1-2H3,(H,25,29). The highest BCUT2D eigenvalue weighted by Gasteiger charge is 2.22. The van der Waals surface area contributed by atoms with E-state index in [0.29, 0.717) is 17.1 Å². The fourth-order valence-electron chi connectivity index (χ4n) is 3.19. The predicted molar refractivity (Wildman–Crippen MR) is 108 cm³/mol. The Morgan fingerprint density at radius 2 is 1.79 bits per heavy atom. The number of aromatic hydroxyl groups is 1. The van der Waals surface area contributed by atoms with Crippen molar-refractivity contribution in [3.63, 3.8) is 0 Å². The molecular formula is C22H19FN4O2. The lowest BCUT2D eigenvalue weighted by atomic mass is 10.1. The van der Waals surface area contributed by atoms with E-state index >= 15 is 0 Å². The molecule has 4 aromatic rings. The summed E-state index contributed by atoms with van der Waals surface area (Å²) in [6, 6.07) is 13.3. The Bertz CT molecular complexity index is 1200. The molecular weight excluding hydrogens is 371 g/mol. The number of anilines is 1. The molecule has 0 radical (unpaired) electrons. The first-order chi connectivity index (χ1) is 14.0. The van der Waals surface area contributed by atoms with E-state index in [9.17, 15) is 14.3 Å². The van der Waals surface area contributed by atoms with Crippen LogP contribution in [0.4, 0.5) is 10.1 Å². The average Bonchev–Trinajstić information content (AvgIpc) is 3.38. The summed E-state index contributed by atoms with van der Waals surface area (Å²) in [5.41, 5.74) is 2.29. The zero-order valence-electron chi connectivity index (χ0n) is 15.9. The third-order valence-electron chi connectivity index (χ3n) is 4.80. The Kier molecular flexibility index (Phi) is 4.64. The summed E-state index contributed by atoms with van der Waals surface area (Å²) >= 11 is 0. The molecule has 0 saturated carbocycles. The minimum absolute atomic E-state index is 0.135. The highest BCUT2D eigenvalue weighted by Crippen LogP contribution is 2.29. The fraction of sp³-hybridized carbons (Fsp3) is 0.0909. The molecule has 2 heterocycles. The van der Waals surface area contributed by atoms with Gasteiger partial charge in [-0.2, -0.15) is 5.10 Å². The second-order valence-corrected chi connectivity index (χ2v) is 6.69. The summed E-state index contributed by atoms with van der Waals surface area (Å²) in [5.74, 6) is -0.319. The Morgan fingerprint density at radius 1 is 1.07 bits per heavy atom. The summed E-state index contributed by atoms with van der Waals surface area (Å²) < 4.78 is 17.5. The maximum Gasteiger partial charge on any atom is 0.261 e. The van der Waals surface area contributed by atoms with E-state index in [0.717, 1.165) is 5.56 Å². The van der Waals surface area contributed by atoms with Crippen LogP contribution < -0.4 is 5.32 Å². The van der Waals surface area contributed by atoms with Crippen LogP contribution in [0.2, 0.25) is 0 Å². The van der Waals surface area contributed by atoms with E-state index in [2.05, 4.69) is 10.4 Å². The first-order valence-corrected chi connectivity index (χ1v) is 9.04. The summed E-state index contributed by atoms with van der Waals surface area (Å²) in [6.07, 6.45) is 4.92. The third kappa shape index (κ3) is 3.27. The number of phenolic OH excluding ortho intramolecular Hbond substituents is 1. The first kappa shape index (κ1) is 18.5. The number of hydrogen-bond acceptors (Lipinski definition) is 3. The van der Waals surface area contributed by atoms with Crippen molar-refractivity contribution in [3.8, 4) is 17.3 Å². The number of carbonyl (C=O) groups excluding carboxylic acids is 1. The van der Waals surface area contributed by atoms with Crippen molar-refractivity contribution in [2.45, 2.75) is 13.8 Å². The zero-order valence-corrected chi connectivity index (χ0v) is 15.9. The van der Waals surface area contributed by atoms with Gasteiger partial charge in [0.1, 0.15) is 22.8 Å². The third-order valence-corrected chi connectivity index (χ3v) is 4.80. The highest BCUT2D eigenvalue weighted by molar-refractivity contribution is 6.07. The van der Waals surface area contributed by atoms with E-state index in [4.69, 9.17) is 0 Å². The minimum Gasteiger partial charge on any atom is -0.507 e. The Balaban J connectivity index is 1.80. The monoisotopic (exact) mass is 390 g/mol. The van der Waals surface area contributed by atoms with Gasteiger partial charge in [-0.15, -0.1) is 0 Å². The van der Waals surface area contributed by atoms with Gasteiger partial charge in [0.25, 0.3) is 5.91 Å². The van der Waals surface area contributed by atoms with Crippen molar-refractivity contribution < 1.29 is 14.3 Å². The molecule has 2 aromatic heterocycles. The quantitative estimate of drug-likeness (QED) is 0.543. The molecule has 0 fully saturated rings. The Hall–Kier alpha value is -3.87. The van der Waals surface area contributed by atoms with Gasteiger partial charge in [0, 0.05) is 23.6 Å². The summed E-state index contributed by atoms with van der Waals surface area (Å²) in [4.78, 5) is 13.1. The van der Waals surface area contributed by atoms with Gasteiger partial charge in [0.15, 0.2) is 5.82 Å². The molecule has 2 aromatic carbocycles. The van der Waals surface area contributed by atoms with Crippen molar-refractivity contribution in [2.24, 2.45) is 0 Å². The molecule has 0 aliphatic carbocycles. The van der Waals surface area contributed by atoms with Crippen LogP contribution in [0.5, 0.6) is 5.75 Å². The molecule has 0 bridgehead atoms. The number of rotatable bonds is 4. The van der Waals surface area contributed by atoms with Crippen LogP contribution in [0, 0.1) is 19.7 Å². The number of benzene rings is 2. The Morgan fingerprint density at radius 3 is 2.52 bits per heavy atom. The van der Waals surface area contributed by atoms with Crippen molar-refractivity contribution >= 4 is 11.6 Å². The SMILES string of the molecule is Cc1ccc(NC(=O)c2cnn(-c3ccccc3F)c2-n2cccc2)c(C)c1O. The number of nitrogens with zero attached hydrogens (tertiary/aromatic N) is 3. The fourth-order valence-corrected chi connectivity index (χ4v) is 3.19. The van der Waals surface area contributed by atoms with Gasteiger partial charge >= 0.3 is 0 Å². The van der Waals surface area contributed by atoms with Crippen LogP contribution in [0.15, 0.2) is 67.1 Å². The number of aryl methyl sites for hydroxylation is 1. The molecule has 146 valence electrons. The summed E-state index contributed by atoms with van der Waals surface area (Å²) in [7, 11) is 0. The lowest BCUT2D eigenvalue weighted by Gasteiger charge is -2.13. The number of amides is 1. The van der Waals surface area contributed by atoms with Crippen LogP contribution in [0.25, 0.3) is 11.5 Å². The maximum atomic E-state index is 14.4. The molecule has 4 rings (SSSR count). The molecule has 0 atom stereocenters. The summed E-state index contributed by atoms with van der Waals surface area (Å²) in [6.45, 7) is 3.52. The van der Waals surface area contributed by atoms with Crippen LogP contribution in [0.1, 0.15) is 21.5 Å². The zero-order chi connectivity index (χ0) is 20.5. The molecule has 0 aliphatic rings. The molecule has 2 N–H and O–H groups in total. The molecule has 7 heteroatoms. The maximum absolute atomic E-state index is 14.4. The predicted octanol–water partition coefficient (Wildman–Crippen LogP) is 4.38. The Labute approximate surface area is 166 Å². The summed E-state index contributed by atoms with van der Waals surface area (Å²) in [5, 5.41) is 17.2. The number of hydrogen-bond donors (Lipinski definition) is 2. The number of aromatic nitrogens is 3. The van der Waals surface area contributed by atoms with Crippen molar-refractivity contribution in [1.82, 2.24) is 14.3 Å². The molecule has 29 heavy (non-hydrogen) atoms. The van der Waals surface area contributed by atoms with Gasteiger partial charge in [-0.3, -0.25) is 4.79 Å². The first-order valence-electron chi connectivity index (χ1n) is 9.04. The molecule has 0 aliphatic heterocycles. The molecule has 0 unspecified atom stereocenters. The van der Waals surface area contributed by atoms with Crippen LogP contribution in [0.3, 0.4) is 0 Å². The molecule has 6 nitrogen and oxygen atoms in total. The van der Waals surface area contributed by atoms with E-state index < -0.39 is 11.7 Å². The van der Waals surface area contributed by atoms with Crippen molar-refractivity contribution in [2.75, 3.05) is 5.32 Å². The topological polar surface area (TPSA) is 72.1 Å². The van der Waals surface area contributed by atoms with Gasteiger partial charge in [-0.1, -0.05) is 18.2 Å². The number of halogens is 1. The van der Waals surface area contributed by atoms with E-state index in [-0.39, 0.29) is 17.0 Å². The lowest BCUT2D eigenvalue weighted by Crippen LogP contribution is -2.16. The van der Waals surface area contributed by atoms with Crippen molar-refractivity contribution in [1.29, 1.82) is 0 Å².